The maximum absolute atomic E-state index is 10.1. The molecule has 0 radical (unpaired) electrons. The first-order valence-electron chi connectivity index (χ1n) is 5.44. The fourth-order valence-corrected chi connectivity index (χ4v) is 1.82. The van der Waals surface area contributed by atoms with Crippen LogP contribution in [-0.4, -0.2) is 16.5 Å². The molecule has 4 heteroatoms. The third-order valence-corrected chi connectivity index (χ3v) is 2.62. The van der Waals surface area contributed by atoms with Crippen LogP contribution >= 0.6 is 0 Å². The van der Waals surface area contributed by atoms with Crippen molar-refractivity contribution in [1.82, 2.24) is 4.98 Å². The van der Waals surface area contributed by atoms with Gasteiger partial charge in [-0.25, -0.2) is 0 Å². The quantitative estimate of drug-likeness (QED) is 0.476. The first-order valence-corrected chi connectivity index (χ1v) is 5.44. The summed E-state index contributed by atoms with van der Waals surface area (Å²) in [6.07, 6.45) is 2.37. The Morgan fingerprint density at radius 3 is 2.81 bits per heavy atom. The van der Waals surface area contributed by atoms with Gasteiger partial charge in [-0.3, -0.25) is 10.1 Å². The smallest absolute Gasteiger partial charge is 0.203 e. The SMILES string of the molecule is O=[N+]([O-])CCCCc1cc2ccccc2[nH]1. The number of hydrogen-bond donors (Lipinski definition) is 1. The number of nitrogens with one attached hydrogen (secondary N) is 1. The normalized spacial score (nSPS) is 10.8. The van der Waals surface area contributed by atoms with Gasteiger partial charge in [0.2, 0.25) is 6.54 Å². The Morgan fingerprint density at radius 1 is 1.25 bits per heavy atom. The highest BCUT2D eigenvalue weighted by atomic mass is 16.6. The second kappa shape index (κ2) is 4.79. The highest BCUT2D eigenvalue weighted by molar-refractivity contribution is 5.80. The van der Waals surface area contributed by atoms with Gasteiger partial charge in [-0.1, -0.05) is 18.2 Å². The van der Waals surface area contributed by atoms with Crippen LogP contribution in [0.1, 0.15) is 18.5 Å². The number of para-hydroxylation sites is 1. The topological polar surface area (TPSA) is 58.9 Å². The Hall–Kier alpha value is -1.84. The third kappa shape index (κ3) is 2.59. The first-order chi connectivity index (χ1) is 7.75. The number of aromatic amines is 1. The number of nitrogens with zero attached hydrogens (tertiary/aromatic N) is 1. The fraction of sp³-hybridized carbons (Fsp3) is 0.333. The maximum atomic E-state index is 10.1. The zero-order valence-electron chi connectivity index (χ0n) is 8.98. The Kier molecular flexibility index (Phi) is 3.19. The van der Waals surface area contributed by atoms with Crippen molar-refractivity contribution in [2.24, 2.45) is 0 Å². The van der Waals surface area contributed by atoms with E-state index in [1.807, 2.05) is 18.2 Å². The van der Waals surface area contributed by atoms with Gasteiger partial charge >= 0.3 is 0 Å². The van der Waals surface area contributed by atoms with Crippen LogP contribution in [0.25, 0.3) is 10.9 Å². The molecule has 0 atom stereocenters. The minimum Gasteiger partial charge on any atom is -0.358 e. The average molecular weight is 218 g/mol. The molecule has 1 heterocycles. The lowest BCUT2D eigenvalue weighted by atomic mass is 10.2. The summed E-state index contributed by atoms with van der Waals surface area (Å²) in [6.45, 7) is 0.0697. The number of nitro groups is 1. The predicted octanol–water partition coefficient (Wildman–Crippen LogP) is 2.77. The van der Waals surface area contributed by atoms with Crippen molar-refractivity contribution in [3.8, 4) is 0 Å². The predicted molar refractivity (Wildman–Crippen MR) is 63.1 cm³/mol. The molecule has 0 amide bonds. The molecule has 0 fully saturated rings. The van der Waals surface area contributed by atoms with Crippen LogP contribution in [0, 0.1) is 10.1 Å². The molecule has 0 saturated carbocycles. The van der Waals surface area contributed by atoms with E-state index in [9.17, 15) is 10.1 Å². The average Bonchev–Trinajstić information content (AvgIpc) is 2.66. The number of rotatable bonds is 5. The standard InChI is InChI=1S/C12H14N2O2/c15-14(16)8-4-3-6-11-9-10-5-1-2-7-12(10)13-11/h1-2,5,7,9,13H,3-4,6,8H2. The summed E-state index contributed by atoms with van der Waals surface area (Å²) in [7, 11) is 0. The van der Waals surface area contributed by atoms with Gasteiger partial charge in [0.15, 0.2) is 0 Å². The zero-order valence-corrected chi connectivity index (χ0v) is 8.98. The minimum atomic E-state index is -0.259. The maximum Gasteiger partial charge on any atom is 0.203 e. The molecule has 1 N–H and O–H groups in total. The van der Waals surface area contributed by atoms with E-state index in [1.54, 1.807) is 0 Å². The van der Waals surface area contributed by atoms with Crippen molar-refractivity contribution in [3.05, 3.63) is 46.1 Å². The number of hydrogen-bond acceptors (Lipinski definition) is 2. The molecule has 1 aromatic carbocycles. The Bertz CT molecular complexity index is 457. The van der Waals surface area contributed by atoms with Crippen LogP contribution in [0.2, 0.25) is 0 Å². The van der Waals surface area contributed by atoms with E-state index in [-0.39, 0.29) is 11.5 Å². The molecular formula is C12H14N2O2. The molecule has 0 bridgehead atoms. The summed E-state index contributed by atoms with van der Waals surface area (Å²) in [6, 6.07) is 10.2. The van der Waals surface area contributed by atoms with E-state index in [2.05, 4.69) is 17.1 Å². The second-order valence-corrected chi connectivity index (χ2v) is 3.90. The van der Waals surface area contributed by atoms with Crippen molar-refractivity contribution in [1.29, 1.82) is 0 Å². The van der Waals surface area contributed by atoms with Gasteiger partial charge in [0.05, 0.1) is 0 Å². The number of aromatic nitrogens is 1. The van der Waals surface area contributed by atoms with E-state index < -0.39 is 0 Å². The van der Waals surface area contributed by atoms with Gasteiger partial charge in [0.25, 0.3) is 0 Å². The molecule has 0 aliphatic rings. The summed E-state index contributed by atoms with van der Waals surface area (Å²) in [5, 5.41) is 11.3. The largest absolute Gasteiger partial charge is 0.358 e. The van der Waals surface area contributed by atoms with Gasteiger partial charge < -0.3 is 4.98 Å². The molecule has 84 valence electrons. The molecule has 4 nitrogen and oxygen atoms in total. The number of fused-ring (bicyclic) bond motifs is 1. The molecule has 0 unspecified atom stereocenters. The van der Waals surface area contributed by atoms with E-state index in [0.717, 1.165) is 24.1 Å². The highest BCUT2D eigenvalue weighted by Gasteiger charge is 2.01. The lowest BCUT2D eigenvalue weighted by Crippen LogP contribution is -2.00. The van der Waals surface area contributed by atoms with Gasteiger partial charge in [-0.15, -0.1) is 0 Å². The Labute approximate surface area is 93.4 Å². The number of aryl methyl sites for hydroxylation is 1. The van der Waals surface area contributed by atoms with Crippen LogP contribution < -0.4 is 0 Å². The summed E-state index contributed by atoms with van der Waals surface area (Å²) >= 11 is 0. The van der Waals surface area contributed by atoms with Gasteiger partial charge in [-0.05, 0) is 30.4 Å². The summed E-state index contributed by atoms with van der Waals surface area (Å²) < 4.78 is 0. The van der Waals surface area contributed by atoms with Crippen molar-refractivity contribution in [3.63, 3.8) is 0 Å². The molecular weight excluding hydrogens is 204 g/mol. The molecule has 0 spiro atoms. The molecule has 2 aromatic rings. The number of H-pyrrole nitrogens is 1. The van der Waals surface area contributed by atoms with Crippen molar-refractivity contribution < 1.29 is 4.92 Å². The first kappa shape index (κ1) is 10.7. The van der Waals surface area contributed by atoms with Crippen LogP contribution in [-0.2, 0) is 6.42 Å². The van der Waals surface area contributed by atoms with E-state index in [0.29, 0.717) is 6.42 Å². The van der Waals surface area contributed by atoms with Crippen molar-refractivity contribution in [2.75, 3.05) is 6.54 Å². The van der Waals surface area contributed by atoms with Crippen LogP contribution in [0.3, 0.4) is 0 Å². The monoisotopic (exact) mass is 218 g/mol. The molecule has 0 aliphatic heterocycles. The Balaban J connectivity index is 1.92. The molecule has 0 aliphatic carbocycles. The van der Waals surface area contributed by atoms with Gasteiger partial charge in [0.1, 0.15) is 0 Å². The van der Waals surface area contributed by atoms with Crippen molar-refractivity contribution >= 4 is 10.9 Å². The Morgan fingerprint density at radius 2 is 2.06 bits per heavy atom. The molecule has 16 heavy (non-hydrogen) atoms. The summed E-state index contributed by atoms with van der Waals surface area (Å²) in [5.74, 6) is 0. The van der Waals surface area contributed by atoms with E-state index in [1.165, 1.54) is 5.39 Å². The number of benzene rings is 1. The lowest BCUT2D eigenvalue weighted by Gasteiger charge is -1.95. The minimum absolute atomic E-state index is 0.0697. The van der Waals surface area contributed by atoms with E-state index in [4.69, 9.17) is 0 Å². The van der Waals surface area contributed by atoms with E-state index >= 15 is 0 Å². The fourth-order valence-electron chi connectivity index (χ4n) is 1.82. The van der Waals surface area contributed by atoms with Crippen LogP contribution in [0.5, 0.6) is 0 Å². The lowest BCUT2D eigenvalue weighted by molar-refractivity contribution is -0.480. The van der Waals surface area contributed by atoms with Crippen molar-refractivity contribution in [2.45, 2.75) is 19.3 Å². The van der Waals surface area contributed by atoms with Crippen LogP contribution in [0.4, 0.5) is 0 Å². The van der Waals surface area contributed by atoms with Gasteiger partial charge in [-0.2, -0.15) is 0 Å². The highest BCUT2D eigenvalue weighted by Crippen LogP contribution is 2.15. The molecule has 1 aromatic heterocycles. The summed E-state index contributed by atoms with van der Waals surface area (Å²) in [5.41, 5.74) is 2.29. The van der Waals surface area contributed by atoms with Crippen LogP contribution in [0.15, 0.2) is 30.3 Å². The van der Waals surface area contributed by atoms with Gasteiger partial charge in [0, 0.05) is 22.6 Å². The summed E-state index contributed by atoms with van der Waals surface area (Å²) in [4.78, 5) is 13.2. The second-order valence-electron chi connectivity index (χ2n) is 3.90. The zero-order chi connectivity index (χ0) is 11.4. The third-order valence-electron chi connectivity index (χ3n) is 2.62. The number of unbranched alkanes of at least 4 members (excludes halogenated alkanes) is 1. The molecule has 0 saturated heterocycles. The molecule has 2 rings (SSSR count).